The lowest BCUT2D eigenvalue weighted by atomic mass is 10.0. The number of hydrogen-bond donors (Lipinski definition) is 1. The van der Waals surface area contributed by atoms with Crippen LogP contribution in [-0.2, 0) is 26.9 Å². The first kappa shape index (κ1) is 23.1. The number of aromatic nitrogens is 2. The fourth-order valence-electron chi connectivity index (χ4n) is 3.55. The van der Waals surface area contributed by atoms with Gasteiger partial charge in [0.2, 0.25) is 5.91 Å². The van der Waals surface area contributed by atoms with E-state index in [0.29, 0.717) is 23.8 Å². The number of sulfone groups is 1. The summed E-state index contributed by atoms with van der Waals surface area (Å²) in [6.45, 7) is 2.29. The van der Waals surface area contributed by atoms with E-state index in [1.54, 1.807) is 31.2 Å². The highest BCUT2D eigenvalue weighted by Crippen LogP contribution is 2.31. The molecule has 33 heavy (non-hydrogen) atoms. The molecule has 9 nitrogen and oxygen atoms in total. The lowest BCUT2D eigenvalue weighted by Gasteiger charge is -2.15. The molecule has 4 rings (SSSR count). The number of halogens is 1. The van der Waals surface area contributed by atoms with Crippen molar-refractivity contribution in [1.82, 2.24) is 20.4 Å². The molecule has 0 spiro atoms. The largest absolute Gasteiger partial charge is 0.490 e. The van der Waals surface area contributed by atoms with Crippen molar-refractivity contribution in [3.05, 3.63) is 53.1 Å². The van der Waals surface area contributed by atoms with Crippen LogP contribution in [0.25, 0.3) is 0 Å². The summed E-state index contributed by atoms with van der Waals surface area (Å²) in [7, 11) is -3.53. The number of benzene rings is 1. The van der Waals surface area contributed by atoms with Crippen molar-refractivity contribution in [2.24, 2.45) is 5.92 Å². The maximum atomic E-state index is 14.0. The van der Waals surface area contributed by atoms with Crippen molar-refractivity contribution in [1.29, 1.82) is 0 Å². The first-order valence-electron chi connectivity index (χ1n) is 10.7. The molecule has 1 saturated heterocycles. The highest BCUT2D eigenvalue weighted by Gasteiger charge is 2.27. The van der Waals surface area contributed by atoms with Crippen LogP contribution in [0.1, 0.15) is 42.6 Å². The minimum atomic E-state index is -3.53. The van der Waals surface area contributed by atoms with E-state index >= 15 is 0 Å². The molecule has 11 heteroatoms. The molecule has 1 N–H and O–H groups in total. The monoisotopic (exact) mass is 476 g/mol. The summed E-state index contributed by atoms with van der Waals surface area (Å²) in [6.07, 6.45) is 2.18. The molecule has 2 heterocycles. The van der Waals surface area contributed by atoms with Gasteiger partial charge in [0.1, 0.15) is 6.54 Å². The van der Waals surface area contributed by atoms with Gasteiger partial charge in [-0.2, -0.15) is 10.2 Å². The van der Waals surface area contributed by atoms with Crippen LogP contribution in [0.2, 0.25) is 0 Å². The number of ether oxygens (including phenoxy) is 1. The van der Waals surface area contributed by atoms with Crippen LogP contribution in [0.3, 0.4) is 0 Å². The Morgan fingerprint density at radius 2 is 1.91 bits per heavy atom. The second kappa shape index (κ2) is 9.42. The summed E-state index contributed by atoms with van der Waals surface area (Å²) in [6, 6.07) is 7.09. The molecule has 2 aromatic rings. The van der Waals surface area contributed by atoms with Gasteiger partial charge in [-0.3, -0.25) is 10.1 Å². The average Bonchev–Trinajstić information content (AvgIpc) is 3.52. The van der Waals surface area contributed by atoms with E-state index in [1.165, 1.54) is 11.0 Å². The maximum absolute atomic E-state index is 14.0. The molecule has 0 bridgehead atoms. The zero-order chi connectivity index (χ0) is 23.6. The summed E-state index contributed by atoms with van der Waals surface area (Å²) in [5.41, 5.74) is 1.41. The van der Waals surface area contributed by atoms with E-state index in [-0.39, 0.29) is 47.9 Å². The predicted molar refractivity (Wildman–Crippen MR) is 117 cm³/mol. The first-order chi connectivity index (χ1) is 15.7. The van der Waals surface area contributed by atoms with Crippen LogP contribution in [-0.4, -0.2) is 54.4 Å². The molecule has 1 aromatic carbocycles. The quantitative estimate of drug-likeness (QED) is 0.522. The minimum absolute atomic E-state index is 0.0503. The molecule has 1 atom stereocenters. The summed E-state index contributed by atoms with van der Waals surface area (Å²) in [5, 5.41) is 10.1. The molecule has 3 amide bonds. The highest BCUT2D eigenvalue weighted by molar-refractivity contribution is 7.90. The highest BCUT2D eigenvalue weighted by atomic mass is 32.2. The lowest BCUT2D eigenvalue weighted by Crippen LogP contribution is -2.28. The van der Waals surface area contributed by atoms with Gasteiger partial charge in [-0.05, 0) is 54.5 Å². The summed E-state index contributed by atoms with van der Waals surface area (Å²) < 4.78 is 45.0. The number of nitrogens with one attached hydrogen (secondary N) is 1. The van der Waals surface area contributed by atoms with Crippen LogP contribution < -0.4 is 10.1 Å². The maximum Gasteiger partial charge on any atom is 0.324 e. The van der Waals surface area contributed by atoms with E-state index < -0.39 is 21.7 Å². The number of hydrogen-bond acceptors (Lipinski definition) is 7. The van der Waals surface area contributed by atoms with E-state index in [2.05, 4.69) is 15.5 Å². The van der Waals surface area contributed by atoms with Crippen molar-refractivity contribution in [3.63, 3.8) is 0 Å². The van der Waals surface area contributed by atoms with Gasteiger partial charge in [0, 0.05) is 0 Å². The Labute approximate surface area is 191 Å². The van der Waals surface area contributed by atoms with E-state index in [9.17, 15) is 22.4 Å². The lowest BCUT2D eigenvalue weighted by molar-refractivity contribution is -0.118. The zero-order valence-electron chi connectivity index (χ0n) is 18.2. The molecular weight excluding hydrogens is 451 g/mol. The van der Waals surface area contributed by atoms with Crippen molar-refractivity contribution in [2.45, 2.75) is 38.0 Å². The van der Waals surface area contributed by atoms with E-state index in [1.807, 2.05) is 0 Å². The molecule has 0 radical (unpaired) electrons. The van der Waals surface area contributed by atoms with Crippen molar-refractivity contribution < 1.29 is 27.1 Å². The summed E-state index contributed by atoms with van der Waals surface area (Å²) in [4.78, 5) is 24.1. The van der Waals surface area contributed by atoms with Gasteiger partial charge in [0.15, 0.2) is 21.4 Å². The second-order valence-electron chi connectivity index (χ2n) is 8.63. The normalized spacial score (nSPS) is 17.2. The smallest absolute Gasteiger partial charge is 0.324 e. The predicted octanol–water partition coefficient (Wildman–Crippen LogP) is 2.17. The van der Waals surface area contributed by atoms with Crippen molar-refractivity contribution >= 4 is 21.8 Å². The van der Waals surface area contributed by atoms with E-state index in [0.717, 1.165) is 12.8 Å². The fourth-order valence-corrected chi connectivity index (χ4v) is 5.22. The third kappa shape index (κ3) is 6.25. The average molecular weight is 477 g/mol. The van der Waals surface area contributed by atoms with Gasteiger partial charge in [-0.15, -0.1) is 0 Å². The van der Waals surface area contributed by atoms with Gasteiger partial charge in [0.25, 0.3) is 0 Å². The molecule has 2 fully saturated rings. The topological polar surface area (TPSA) is 119 Å². The van der Waals surface area contributed by atoms with Crippen LogP contribution in [0, 0.1) is 11.7 Å². The number of carbonyl (C=O) groups excluding carboxylic acids is 2. The molecule has 1 aromatic heterocycles. The summed E-state index contributed by atoms with van der Waals surface area (Å²) in [5.74, 6) is -1.00. The molecular formula is C22H25FN4O5S. The SMILES string of the molecule is C[C@@H](CS(=O)(=O)Cc1ccc(CN2CC(=O)NC2=O)nn1)c1ccc(F)c(OCC2CC2)c1. The van der Waals surface area contributed by atoms with Crippen molar-refractivity contribution in [2.75, 3.05) is 18.9 Å². The number of imide groups is 1. The van der Waals surface area contributed by atoms with Crippen LogP contribution in [0.5, 0.6) is 5.75 Å². The Hall–Kier alpha value is -3.08. The Kier molecular flexibility index (Phi) is 6.59. The summed E-state index contributed by atoms with van der Waals surface area (Å²) >= 11 is 0. The number of carbonyl (C=O) groups is 2. The third-order valence-electron chi connectivity index (χ3n) is 5.56. The van der Waals surface area contributed by atoms with Gasteiger partial charge in [-0.25, -0.2) is 17.6 Å². The Balaban J connectivity index is 1.35. The number of rotatable bonds is 10. The van der Waals surface area contributed by atoms with Gasteiger partial charge in [0.05, 0.1) is 36.0 Å². The molecule has 176 valence electrons. The number of nitrogens with zero attached hydrogens (tertiary/aromatic N) is 3. The molecule has 0 unspecified atom stereocenters. The standard InChI is InChI=1S/C22H25FN4O5S/c1-14(16-4-7-19(23)20(8-16)32-11-15-2-3-15)12-33(30,31)13-18-6-5-17(25-26-18)9-27-10-21(28)24-22(27)29/h4-8,14-15H,2-3,9-13H2,1H3,(H,24,28,29)/t14-/m0/s1. The van der Waals surface area contributed by atoms with Gasteiger partial charge >= 0.3 is 6.03 Å². The van der Waals surface area contributed by atoms with Crippen molar-refractivity contribution in [3.8, 4) is 5.75 Å². The Morgan fingerprint density at radius 1 is 1.18 bits per heavy atom. The van der Waals surface area contributed by atoms with E-state index in [4.69, 9.17) is 4.74 Å². The van der Waals surface area contributed by atoms with Crippen LogP contribution in [0.15, 0.2) is 30.3 Å². The Bertz CT molecular complexity index is 1150. The number of urea groups is 1. The van der Waals surface area contributed by atoms with Gasteiger partial charge < -0.3 is 9.64 Å². The first-order valence-corrected chi connectivity index (χ1v) is 12.5. The van der Waals surface area contributed by atoms with Crippen LogP contribution in [0.4, 0.5) is 9.18 Å². The second-order valence-corrected chi connectivity index (χ2v) is 10.7. The van der Waals surface area contributed by atoms with Gasteiger partial charge in [-0.1, -0.05) is 13.0 Å². The number of amides is 3. The molecule has 1 saturated carbocycles. The fraction of sp³-hybridized carbons (Fsp3) is 0.455. The Morgan fingerprint density at radius 3 is 2.55 bits per heavy atom. The van der Waals surface area contributed by atoms with Crippen LogP contribution >= 0.6 is 0 Å². The minimum Gasteiger partial charge on any atom is -0.490 e. The molecule has 1 aliphatic heterocycles. The molecule has 2 aliphatic rings. The molecule has 1 aliphatic carbocycles. The third-order valence-corrected chi connectivity index (χ3v) is 7.31. The zero-order valence-corrected chi connectivity index (χ0v) is 19.0.